The molecule has 0 N–H and O–H groups in total. The number of fused-ring (bicyclic) bond motifs is 2. The number of hydrogen-bond acceptors (Lipinski definition) is 4. The number of unbranched alkanes of at least 4 members (excludes halogenated alkanes) is 2. The lowest BCUT2D eigenvalue weighted by Crippen LogP contribution is -2.15. The van der Waals surface area contributed by atoms with Crippen molar-refractivity contribution in [3.63, 3.8) is 0 Å². The van der Waals surface area contributed by atoms with Gasteiger partial charge in [0.15, 0.2) is 0 Å². The monoisotopic (exact) mass is 736 g/mol. The van der Waals surface area contributed by atoms with E-state index in [0.29, 0.717) is 11.5 Å². The summed E-state index contributed by atoms with van der Waals surface area (Å²) in [5.41, 5.74) is 10.3. The van der Waals surface area contributed by atoms with E-state index in [-0.39, 0.29) is 0 Å². The molecule has 3 nitrogen and oxygen atoms in total. The Hall–Kier alpha value is -4.46. The number of ether oxygens (including phenoxy) is 1. The summed E-state index contributed by atoms with van der Waals surface area (Å²) >= 11 is 1.83. The van der Waals surface area contributed by atoms with Gasteiger partial charge in [-0.05, 0) is 120 Å². The van der Waals surface area contributed by atoms with Crippen molar-refractivity contribution in [2.75, 3.05) is 11.5 Å². The third kappa shape index (κ3) is 10.4. The van der Waals surface area contributed by atoms with Crippen molar-refractivity contribution in [3.8, 4) is 34.1 Å². The summed E-state index contributed by atoms with van der Waals surface area (Å²) in [5.74, 6) is 2.37. The van der Waals surface area contributed by atoms with Crippen LogP contribution in [-0.2, 0) is 6.42 Å². The highest BCUT2D eigenvalue weighted by Gasteiger charge is 2.26. The fourth-order valence-electron chi connectivity index (χ4n) is 7.27. The third-order valence-corrected chi connectivity index (χ3v) is 11.9. The molecule has 0 aliphatic carbocycles. The zero-order valence-electron chi connectivity index (χ0n) is 33.5. The molecule has 6 rings (SSSR count). The zero-order valence-corrected chi connectivity index (χ0v) is 34.4. The summed E-state index contributed by atoms with van der Waals surface area (Å²) in [6.45, 7) is 13.9. The highest BCUT2D eigenvalue weighted by atomic mass is 32.2. The standard InChI is InChI=1S/C48H54N2OS.C2H6/c1-5-9-11-35(7-3)13-14-37-15-19-39(20-16-37)41-23-29-45-47(31-41)52-48-32-42(24-30-46(48)50(45)43-25-17-38(33-49)18-26-43)40-21-27-44(28-22-40)51-34-36(8-4)12-10-6-2;1-2/h15-32,35-36H,5-14,34H2,1-4H3;1-2H3. The molecule has 0 spiro atoms. The van der Waals surface area contributed by atoms with Crippen molar-refractivity contribution in [1.29, 1.82) is 5.26 Å². The highest BCUT2D eigenvalue weighted by molar-refractivity contribution is 7.99. The second kappa shape index (κ2) is 20.8. The minimum atomic E-state index is 0.609. The van der Waals surface area contributed by atoms with Crippen LogP contribution in [0.25, 0.3) is 22.3 Å². The SMILES string of the molecule is CC.CCCCC(CC)CCc1ccc(-c2ccc3c(c2)Sc2cc(-c4ccc(OCC(CC)CCCC)cc4)ccc2N3c2ccc(C#N)cc2)cc1. The molecule has 2 atom stereocenters. The van der Waals surface area contributed by atoms with Crippen LogP contribution in [0.1, 0.15) is 110 Å². The molecule has 5 aromatic rings. The molecular formula is C50H60N2OS. The number of anilines is 3. The van der Waals surface area contributed by atoms with E-state index < -0.39 is 0 Å². The van der Waals surface area contributed by atoms with Gasteiger partial charge in [0.25, 0.3) is 0 Å². The highest BCUT2D eigenvalue weighted by Crippen LogP contribution is 2.53. The van der Waals surface area contributed by atoms with Crippen molar-refractivity contribution in [1.82, 2.24) is 0 Å². The van der Waals surface area contributed by atoms with Gasteiger partial charge < -0.3 is 9.64 Å². The molecule has 0 saturated heterocycles. The maximum absolute atomic E-state index is 9.48. The average molecular weight is 737 g/mol. The lowest BCUT2D eigenvalue weighted by molar-refractivity contribution is 0.233. The number of nitriles is 1. The lowest BCUT2D eigenvalue weighted by atomic mass is 9.92. The Bertz CT molecular complexity index is 1810. The van der Waals surface area contributed by atoms with Crippen LogP contribution in [0, 0.1) is 23.2 Å². The second-order valence-corrected chi connectivity index (χ2v) is 15.4. The Morgan fingerprint density at radius 2 is 1.13 bits per heavy atom. The molecular weight excluding hydrogens is 677 g/mol. The largest absolute Gasteiger partial charge is 0.493 e. The van der Waals surface area contributed by atoms with Gasteiger partial charge in [-0.2, -0.15) is 5.26 Å². The minimum Gasteiger partial charge on any atom is -0.493 e. The number of rotatable bonds is 17. The van der Waals surface area contributed by atoms with Gasteiger partial charge in [-0.3, -0.25) is 0 Å². The van der Waals surface area contributed by atoms with Crippen LogP contribution in [0.5, 0.6) is 5.75 Å². The van der Waals surface area contributed by atoms with Crippen LogP contribution >= 0.6 is 11.8 Å². The Kier molecular flexibility index (Phi) is 15.7. The third-order valence-electron chi connectivity index (χ3n) is 10.8. The fourth-order valence-corrected chi connectivity index (χ4v) is 8.40. The molecule has 282 valence electrons. The molecule has 0 bridgehead atoms. The van der Waals surface area contributed by atoms with Gasteiger partial charge in [0.2, 0.25) is 0 Å². The summed E-state index contributed by atoms with van der Waals surface area (Å²) in [6, 6.07) is 41.6. The van der Waals surface area contributed by atoms with Crippen molar-refractivity contribution in [3.05, 3.63) is 120 Å². The van der Waals surface area contributed by atoms with Gasteiger partial charge in [0.05, 0.1) is 29.6 Å². The first-order chi connectivity index (χ1) is 26.5. The van der Waals surface area contributed by atoms with Crippen LogP contribution < -0.4 is 9.64 Å². The quantitative estimate of drug-likeness (QED) is 0.0934. The van der Waals surface area contributed by atoms with Gasteiger partial charge in [-0.25, -0.2) is 0 Å². The second-order valence-electron chi connectivity index (χ2n) is 14.4. The Morgan fingerprint density at radius 1 is 0.611 bits per heavy atom. The number of nitrogens with zero attached hydrogens (tertiary/aromatic N) is 2. The number of hydrogen-bond donors (Lipinski definition) is 0. The van der Waals surface area contributed by atoms with Gasteiger partial charge in [0, 0.05) is 15.5 Å². The van der Waals surface area contributed by atoms with E-state index in [1.807, 2.05) is 37.7 Å². The van der Waals surface area contributed by atoms with E-state index in [4.69, 9.17) is 4.74 Å². The molecule has 0 radical (unpaired) electrons. The van der Waals surface area contributed by atoms with E-state index >= 15 is 0 Å². The molecule has 1 heterocycles. The lowest BCUT2D eigenvalue weighted by Gasteiger charge is -2.33. The summed E-state index contributed by atoms with van der Waals surface area (Å²) in [4.78, 5) is 4.76. The maximum Gasteiger partial charge on any atom is 0.119 e. The van der Waals surface area contributed by atoms with Crippen molar-refractivity contribution < 1.29 is 4.74 Å². The van der Waals surface area contributed by atoms with Crippen LogP contribution in [0.2, 0.25) is 0 Å². The van der Waals surface area contributed by atoms with Gasteiger partial charge >= 0.3 is 0 Å². The molecule has 0 saturated carbocycles. The van der Waals surface area contributed by atoms with E-state index in [0.717, 1.165) is 48.2 Å². The molecule has 4 heteroatoms. The summed E-state index contributed by atoms with van der Waals surface area (Å²) in [5, 5.41) is 9.48. The maximum atomic E-state index is 9.48. The molecule has 54 heavy (non-hydrogen) atoms. The Balaban J connectivity index is 0.00000276. The minimum absolute atomic E-state index is 0.609. The average Bonchev–Trinajstić information content (AvgIpc) is 3.23. The topological polar surface area (TPSA) is 36.3 Å². The smallest absolute Gasteiger partial charge is 0.119 e. The molecule has 0 fully saturated rings. The van der Waals surface area contributed by atoms with Crippen molar-refractivity contribution in [2.24, 2.45) is 11.8 Å². The van der Waals surface area contributed by atoms with E-state index in [1.54, 1.807) is 0 Å². The first-order valence-corrected chi connectivity index (χ1v) is 21.4. The first kappa shape index (κ1) is 40.7. The molecule has 5 aromatic carbocycles. The summed E-state index contributed by atoms with van der Waals surface area (Å²) < 4.78 is 6.22. The van der Waals surface area contributed by atoms with Crippen LogP contribution in [0.3, 0.4) is 0 Å². The zero-order chi connectivity index (χ0) is 38.3. The van der Waals surface area contributed by atoms with Crippen LogP contribution in [0.15, 0.2) is 119 Å². The fraction of sp³-hybridized carbons (Fsp3) is 0.380. The molecule has 2 unspecified atom stereocenters. The Morgan fingerprint density at radius 3 is 1.65 bits per heavy atom. The van der Waals surface area contributed by atoms with E-state index in [1.165, 1.54) is 89.0 Å². The normalized spacial score (nSPS) is 12.8. The number of aryl methyl sites for hydroxylation is 1. The van der Waals surface area contributed by atoms with Gasteiger partial charge in [-0.15, -0.1) is 0 Å². The van der Waals surface area contributed by atoms with Gasteiger partial charge in [0.1, 0.15) is 5.75 Å². The molecule has 0 aromatic heterocycles. The van der Waals surface area contributed by atoms with Crippen LogP contribution in [-0.4, -0.2) is 6.61 Å². The predicted octanol–water partition coefficient (Wildman–Crippen LogP) is 15.6. The van der Waals surface area contributed by atoms with Crippen LogP contribution in [0.4, 0.5) is 17.1 Å². The van der Waals surface area contributed by atoms with Crippen molar-refractivity contribution >= 4 is 28.8 Å². The van der Waals surface area contributed by atoms with Gasteiger partial charge in [-0.1, -0.05) is 147 Å². The summed E-state index contributed by atoms with van der Waals surface area (Å²) in [6.07, 6.45) is 12.5. The summed E-state index contributed by atoms with van der Waals surface area (Å²) in [7, 11) is 0. The predicted molar refractivity (Wildman–Crippen MR) is 233 cm³/mol. The molecule has 1 aliphatic rings. The van der Waals surface area contributed by atoms with E-state index in [9.17, 15) is 5.26 Å². The first-order valence-electron chi connectivity index (χ1n) is 20.6. The number of benzene rings is 5. The molecule has 1 aliphatic heterocycles. The van der Waals surface area contributed by atoms with Crippen molar-refractivity contribution in [2.45, 2.75) is 116 Å². The Labute approximate surface area is 330 Å². The van der Waals surface area contributed by atoms with E-state index in [2.05, 4.69) is 136 Å². The molecule has 0 amide bonds.